The molecule has 2 aromatic rings. The quantitative estimate of drug-likeness (QED) is 0.799. The molecule has 2 heteroatoms. The van der Waals surface area contributed by atoms with E-state index in [0.29, 0.717) is 0 Å². The number of aryl methyl sites for hydroxylation is 1. The van der Waals surface area contributed by atoms with Crippen LogP contribution in [0.15, 0.2) is 36.4 Å². The van der Waals surface area contributed by atoms with Crippen LogP contribution in [-0.4, -0.2) is 14.2 Å². The Morgan fingerprint density at radius 1 is 1.00 bits per heavy atom. The van der Waals surface area contributed by atoms with E-state index in [0.717, 1.165) is 22.6 Å². The van der Waals surface area contributed by atoms with E-state index in [1.54, 1.807) is 14.2 Å². The first kappa shape index (κ1) is 11.5. The van der Waals surface area contributed by atoms with Gasteiger partial charge in [-0.25, -0.2) is 0 Å². The maximum absolute atomic E-state index is 5.37. The molecule has 0 aliphatic carbocycles. The SMILES string of the molecule is COc1c[c]cc(OC)c1-c1cccc(C)c1. The van der Waals surface area contributed by atoms with Gasteiger partial charge in [0.05, 0.1) is 19.8 Å². The van der Waals surface area contributed by atoms with Gasteiger partial charge in [0.1, 0.15) is 11.5 Å². The third-order valence-corrected chi connectivity index (χ3v) is 2.67. The van der Waals surface area contributed by atoms with Crippen LogP contribution in [0.4, 0.5) is 0 Å². The predicted octanol–water partition coefficient (Wildman–Crippen LogP) is 3.48. The lowest BCUT2D eigenvalue weighted by Gasteiger charge is -2.13. The van der Waals surface area contributed by atoms with Crippen LogP contribution < -0.4 is 9.47 Å². The van der Waals surface area contributed by atoms with Crippen LogP contribution in [0, 0.1) is 13.0 Å². The van der Waals surface area contributed by atoms with E-state index in [4.69, 9.17) is 9.47 Å². The number of methoxy groups -OCH3 is 2. The van der Waals surface area contributed by atoms with Crippen molar-refractivity contribution in [1.29, 1.82) is 0 Å². The summed E-state index contributed by atoms with van der Waals surface area (Å²) in [7, 11) is 3.31. The van der Waals surface area contributed by atoms with Crippen LogP contribution in [0.2, 0.25) is 0 Å². The predicted molar refractivity (Wildman–Crippen MR) is 68.6 cm³/mol. The van der Waals surface area contributed by atoms with E-state index in [1.807, 2.05) is 24.3 Å². The zero-order chi connectivity index (χ0) is 12.3. The van der Waals surface area contributed by atoms with E-state index in [2.05, 4.69) is 25.1 Å². The molecule has 2 nitrogen and oxygen atoms in total. The standard InChI is InChI=1S/C15H15O2/c1-11-6-4-7-12(10-11)15-13(16-2)8-5-9-14(15)17-3/h4,6-10H,1-3H3. The second-order valence-electron chi connectivity index (χ2n) is 3.84. The Bertz CT molecular complexity index is 496. The summed E-state index contributed by atoms with van der Waals surface area (Å²) in [6.07, 6.45) is 0. The molecule has 0 aromatic heterocycles. The first-order valence-electron chi connectivity index (χ1n) is 5.45. The molecule has 2 aromatic carbocycles. The first-order chi connectivity index (χ1) is 8.26. The van der Waals surface area contributed by atoms with Crippen LogP contribution in [0.3, 0.4) is 0 Å². The van der Waals surface area contributed by atoms with Gasteiger partial charge in [0, 0.05) is 0 Å². The fourth-order valence-electron chi connectivity index (χ4n) is 1.87. The minimum Gasteiger partial charge on any atom is -0.496 e. The van der Waals surface area contributed by atoms with Crippen LogP contribution in [0.5, 0.6) is 11.5 Å². The average Bonchev–Trinajstić information content (AvgIpc) is 2.37. The molecule has 0 aliphatic heterocycles. The molecule has 1 radical (unpaired) electrons. The van der Waals surface area contributed by atoms with Crippen molar-refractivity contribution >= 4 is 0 Å². The number of ether oxygens (including phenoxy) is 2. The zero-order valence-corrected chi connectivity index (χ0v) is 10.3. The summed E-state index contributed by atoms with van der Waals surface area (Å²) < 4.78 is 10.7. The van der Waals surface area contributed by atoms with Gasteiger partial charge in [-0.1, -0.05) is 29.8 Å². The van der Waals surface area contributed by atoms with Crippen molar-refractivity contribution in [3.05, 3.63) is 48.0 Å². The Hall–Kier alpha value is -1.96. The highest BCUT2D eigenvalue weighted by molar-refractivity contribution is 5.77. The normalized spacial score (nSPS) is 10.1. The highest BCUT2D eigenvalue weighted by Gasteiger charge is 2.11. The summed E-state index contributed by atoms with van der Waals surface area (Å²) in [5.41, 5.74) is 3.27. The lowest BCUT2D eigenvalue weighted by Crippen LogP contribution is -1.93. The van der Waals surface area contributed by atoms with Crippen molar-refractivity contribution in [2.45, 2.75) is 6.92 Å². The van der Waals surface area contributed by atoms with Crippen molar-refractivity contribution in [3.63, 3.8) is 0 Å². The number of hydrogen-bond acceptors (Lipinski definition) is 2. The van der Waals surface area contributed by atoms with Crippen LogP contribution in [-0.2, 0) is 0 Å². The summed E-state index contributed by atoms with van der Waals surface area (Å²) in [4.78, 5) is 0. The van der Waals surface area contributed by atoms with Gasteiger partial charge in [-0.3, -0.25) is 0 Å². The molecule has 0 fully saturated rings. The fourth-order valence-corrected chi connectivity index (χ4v) is 1.87. The largest absolute Gasteiger partial charge is 0.496 e. The number of rotatable bonds is 3. The molecule has 0 atom stereocenters. The molecule has 0 heterocycles. The van der Waals surface area contributed by atoms with Crippen LogP contribution >= 0.6 is 0 Å². The summed E-state index contributed by atoms with van der Waals surface area (Å²) in [5.74, 6) is 1.55. The molecule has 0 aliphatic rings. The Kier molecular flexibility index (Phi) is 3.33. The summed E-state index contributed by atoms with van der Waals surface area (Å²) in [6.45, 7) is 2.07. The van der Waals surface area contributed by atoms with Crippen molar-refractivity contribution < 1.29 is 9.47 Å². The molecular weight excluding hydrogens is 212 g/mol. The Balaban J connectivity index is 2.64. The molecule has 0 unspecified atom stereocenters. The smallest absolute Gasteiger partial charge is 0.131 e. The third-order valence-electron chi connectivity index (χ3n) is 2.67. The van der Waals surface area contributed by atoms with E-state index in [1.165, 1.54) is 5.56 Å². The molecule has 0 spiro atoms. The number of benzene rings is 2. The molecule has 0 amide bonds. The van der Waals surface area contributed by atoms with Crippen LogP contribution in [0.1, 0.15) is 5.56 Å². The molecule has 0 bridgehead atoms. The van der Waals surface area contributed by atoms with E-state index < -0.39 is 0 Å². The van der Waals surface area contributed by atoms with Gasteiger partial charge in [0.15, 0.2) is 0 Å². The second kappa shape index (κ2) is 4.91. The molecule has 2 rings (SSSR count). The number of hydrogen-bond donors (Lipinski definition) is 0. The van der Waals surface area contributed by atoms with Crippen molar-refractivity contribution in [1.82, 2.24) is 0 Å². The van der Waals surface area contributed by atoms with Crippen molar-refractivity contribution in [3.8, 4) is 22.6 Å². The van der Waals surface area contributed by atoms with Crippen LogP contribution in [0.25, 0.3) is 11.1 Å². The third kappa shape index (κ3) is 2.26. The van der Waals surface area contributed by atoms with Gasteiger partial charge in [0.2, 0.25) is 0 Å². The van der Waals surface area contributed by atoms with E-state index in [-0.39, 0.29) is 0 Å². The molecule has 87 valence electrons. The molecule has 0 saturated carbocycles. The molecular formula is C15H15O2. The maximum atomic E-state index is 5.37. The summed E-state index contributed by atoms with van der Waals surface area (Å²) in [5, 5.41) is 0. The highest BCUT2D eigenvalue weighted by atomic mass is 16.5. The van der Waals surface area contributed by atoms with Gasteiger partial charge < -0.3 is 9.47 Å². The van der Waals surface area contributed by atoms with Gasteiger partial charge >= 0.3 is 0 Å². The monoisotopic (exact) mass is 227 g/mol. The average molecular weight is 227 g/mol. The van der Waals surface area contributed by atoms with E-state index in [9.17, 15) is 0 Å². The fraction of sp³-hybridized carbons (Fsp3) is 0.200. The van der Waals surface area contributed by atoms with Crippen molar-refractivity contribution in [2.75, 3.05) is 14.2 Å². The zero-order valence-electron chi connectivity index (χ0n) is 10.3. The van der Waals surface area contributed by atoms with Gasteiger partial charge in [-0.2, -0.15) is 0 Å². The maximum Gasteiger partial charge on any atom is 0.131 e. The van der Waals surface area contributed by atoms with Gasteiger partial charge in [0.25, 0.3) is 0 Å². The lowest BCUT2D eigenvalue weighted by atomic mass is 10.0. The Morgan fingerprint density at radius 2 is 1.65 bits per heavy atom. The first-order valence-corrected chi connectivity index (χ1v) is 5.45. The minimum absolute atomic E-state index is 0.773. The summed E-state index contributed by atoms with van der Waals surface area (Å²) >= 11 is 0. The highest BCUT2D eigenvalue weighted by Crippen LogP contribution is 2.38. The molecule has 17 heavy (non-hydrogen) atoms. The Labute approximate surface area is 102 Å². The Morgan fingerprint density at radius 3 is 2.18 bits per heavy atom. The van der Waals surface area contributed by atoms with Gasteiger partial charge in [-0.05, 0) is 30.7 Å². The molecule has 0 N–H and O–H groups in total. The summed E-state index contributed by atoms with van der Waals surface area (Å²) in [6, 6.07) is 14.9. The van der Waals surface area contributed by atoms with E-state index >= 15 is 0 Å². The second-order valence-corrected chi connectivity index (χ2v) is 3.84. The minimum atomic E-state index is 0.773. The lowest BCUT2D eigenvalue weighted by molar-refractivity contribution is 0.397. The van der Waals surface area contributed by atoms with Crippen molar-refractivity contribution in [2.24, 2.45) is 0 Å². The van der Waals surface area contributed by atoms with Gasteiger partial charge in [-0.15, -0.1) is 0 Å². The molecule has 0 saturated heterocycles. The topological polar surface area (TPSA) is 18.5 Å².